The van der Waals surface area contributed by atoms with E-state index in [0.717, 1.165) is 26.2 Å². The lowest BCUT2D eigenvalue weighted by molar-refractivity contribution is 0.166. The van der Waals surface area contributed by atoms with E-state index in [-0.39, 0.29) is 0 Å². The van der Waals surface area contributed by atoms with Crippen molar-refractivity contribution in [2.45, 2.75) is 12.3 Å². The van der Waals surface area contributed by atoms with Gasteiger partial charge in [0.25, 0.3) is 0 Å². The third-order valence-electron chi connectivity index (χ3n) is 4.83. The molecular weight excluding hydrogens is 248 g/mol. The van der Waals surface area contributed by atoms with Gasteiger partial charge in [-0.05, 0) is 39.3 Å². The minimum atomic E-state index is 0.411. The summed E-state index contributed by atoms with van der Waals surface area (Å²) in [6, 6.07) is 8.96. The predicted molar refractivity (Wildman–Crippen MR) is 82.4 cm³/mol. The van der Waals surface area contributed by atoms with Crippen molar-refractivity contribution in [1.29, 1.82) is 0 Å². The number of hydrogen-bond donors (Lipinski definition) is 0. The van der Waals surface area contributed by atoms with Crippen LogP contribution in [-0.4, -0.2) is 74.0 Å². The number of rotatable bonds is 2. The number of likely N-dealkylation sites (N-methyl/N-ethyl adjacent to an activating group) is 4. The van der Waals surface area contributed by atoms with Crippen molar-refractivity contribution in [1.82, 2.24) is 19.6 Å². The highest BCUT2D eigenvalue weighted by Crippen LogP contribution is 2.36. The number of benzene rings is 1. The summed E-state index contributed by atoms with van der Waals surface area (Å²) in [6.45, 7) is 4.58. The largest absolute Gasteiger partial charge is 0.286 e. The summed E-state index contributed by atoms with van der Waals surface area (Å²) in [5.74, 6) is 0. The van der Waals surface area contributed by atoms with Crippen LogP contribution in [0.4, 0.5) is 0 Å². The van der Waals surface area contributed by atoms with E-state index in [9.17, 15) is 0 Å². The van der Waals surface area contributed by atoms with E-state index >= 15 is 0 Å². The van der Waals surface area contributed by atoms with E-state index in [2.05, 4.69) is 72.1 Å². The zero-order valence-corrected chi connectivity index (χ0v) is 13.1. The molecule has 0 unspecified atom stereocenters. The van der Waals surface area contributed by atoms with E-state index < -0.39 is 0 Å². The van der Waals surface area contributed by atoms with Gasteiger partial charge in [0.15, 0.2) is 0 Å². The van der Waals surface area contributed by atoms with Crippen LogP contribution in [0.1, 0.15) is 23.5 Å². The normalized spacial score (nSPS) is 25.0. The first-order chi connectivity index (χ1) is 9.59. The van der Waals surface area contributed by atoms with Crippen molar-refractivity contribution in [3.63, 3.8) is 0 Å². The van der Waals surface area contributed by atoms with Gasteiger partial charge in [0.2, 0.25) is 0 Å². The van der Waals surface area contributed by atoms with E-state index in [4.69, 9.17) is 0 Å². The van der Waals surface area contributed by atoms with Gasteiger partial charge in [0.1, 0.15) is 0 Å². The molecule has 0 aliphatic carbocycles. The van der Waals surface area contributed by atoms with Crippen molar-refractivity contribution in [3.8, 4) is 0 Å². The van der Waals surface area contributed by atoms with E-state index in [1.807, 2.05) is 0 Å². The smallest absolute Gasteiger partial charge is 0.0885 e. The third kappa shape index (κ3) is 2.27. The Balaban J connectivity index is 2.00. The quantitative estimate of drug-likeness (QED) is 0.809. The average Bonchev–Trinajstić information content (AvgIpc) is 2.93. The minimum absolute atomic E-state index is 0.411. The molecule has 0 N–H and O–H groups in total. The van der Waals surface area contributed by atoms with Gasteiger partial charge >= 0.3 is 0 Å². The molecule has 2 fully saturated rings. The van der Waals surface area contributed by atoms with Crippen LogP contribution >= 0.6 is 0 Å². The zero-order valence-electron chi connectivity index (χ0n) is 13.1. The molecule has 0 spiro atoms. The predicted octanol–water partition coefficient (Wildman–Crippen LogP) is 1.44. The monoisotopic (exact) mass is 274 g/mol. The minimum Gasteiger partial charge on any atom is -0.286 e. The van der Waals surface area contributed by atoms with Gasteiger partial charge in [0, 0.05) is 26.2 Å². The Hall–Kier alpha value is -0.940. The van der Waals surface area contributed by atoms with Crippen LogP contribution in [0.3, 0.4) is 0 Å². The fourth-order valence-corrected chi connectivity index (χ4v) is 3.72. The molecule has 0 amide bonds. The highest BCUT2D eigenvalue weighted by Gasteiger charge is 2.34. The summed E-state index contributed by atoms with van der Waals surface area (Å²) >= 11 is 0. The lowest BCUT2D eigenvalue weighted by Crippen LogP contribution is -2.31. The summed E-state index contributed by atoms with van der Waals surface area (Å²) in [7, 11) is 8.92. The maximum absolute atomic E-state index is 2.45. The van der Waals surface area contributed by atoms with Crippen molar-refractivity contribution in [2.75, 3.05) is 54.4 Å². The van der Waals surface area contributed by atoms with E-state index in [1.54, 1.807) is 0 Å². The molecule has 2 heterocycles. The first kappa shape index (κ1) is 14.0. The van der Waals surface area contributed by atoms with Crippen LogP contribution in [-0.2, 0) is 0 Å². The molecule has 4 heteroatoms. The first-order valence-corrected chi connectivity index (χ1v) is 7.49. The maximum Gasteiger partial charge on any atom is 0.0885 e. The van der Waals surface area contributed by atoms with Crippen LogP contribution in [0.2, 0.25) is 0 Å². The van der Waals surface area contributed by atoms with Gasteiger partial charge in [0.05, 0.1) is 12.3 Å². The molecule has 0 radical (unpaired) electrons. The van der Waals surface area contributed by atoms with Crippen LogP contribution in [0.5, 0.6) is 0 Å². The Morgan fingerprint density at radius 2 is 0.950 bits per heavy atom. The van der Waals surface area contributed by atoms with Crippen LogP contribution in [0, 0.1) is 0 Å². The van der Waals surface area contributed by atoms with Gasteiger partial charge in [-0.1, -0.05) is 24.3 Å². The Morgan fingerprint density at radius 3 is 1.25 bits per heavy atom. The van der Waals surface area contributed by atoms with Gasteiger partial charge in [-0.15, -0.1) is 0 Å². The summed E-state index contributed by atoms with van der Waals surface area (Å²) < 4.78 is 0. The molecule has 2 aliphatic rings. The maximum atomic E-state index is 2.45. The second-order valence-corrected chi connectivity index (χ2v) is 6.30. The fraction of sp³-hybridized carbons (Fsp3) is 0.625. The molecule has 0 saturated carbocycles. The fourth-order valence-electron chi connectivity index (χ4n) is 3.72. The summed E-state index contributed by atoms with van der Waals surface area (Å²) in [6.07, 6.45) is 0.821. The summed E-state index contributed by atoms with van der Waals surface area (Å²) in [5.41, 5.74) is 2.92. The van der Waals surface area contributed by atoms with E-state index in [0.29, 0.717) is 12.3 Å². The topological polar surface area (TPSA) is 13.0 Å². The van der Waals surface area contributed by atoms with Crippen LogP contribution < -0.4 is 0 Å². The highest BCUT2D eigenvalue weighted by molar-refractivity contribution is 5.33. The average molecular weight is 274 g/mol. The third-order valence-corrected chi connectivity index (χ3v) is 4.83. The van der Waals surface area contributed by atoms with Gasteiger partial charge in [-0.2, -0.15) is 0 Å². The van der Waals surface area contributed by atoms with Crippen LogP contribution in [0.15, 0.2) is 24.3 Å². The van der Waals surface area contributed by atoms with Crippen molar-refractivity contribution in [3.05, 3.63) is 35.4 Å². The van der Waals surface area contributed by atoms with Crippen LogP contribution in [0.25, 0.3) is 0 Å². The Kier molecular flexibility index (Phi) is 3.82. The Bertz CT molecular complexity index is 412. The molecule has 2 saturated heterocycles. The Morgan fingerprint density at radius 1 is 0.650 bits per heavy atom. The molecule has 1 aromatic carbocycles. The summed E-state index contributed by atoms with van der Waals surface area (Å²) in [5, 5.41) is 0. The molecule has 110 valence electrons. The van der Waals surface area contributed by atoms with Crippen molar-refractivity contribution in [2.24, 2.45) is 0 Å². The molecule has 20 heavy (non-hydrogen) atoms. The molecule has 2 aliphatic heterocycles. The number of nitrogens with zero attached hydrogens (tertiary/aromatic N) is 4. The lowest BCUT2D eigenvalue weighted by atomic mass is 10.0. The lowest BCUT2D eigenvalue weighted by Gasteiger charge is -2.32. The second kappa shape index (κ2) is 5.45. The molecule has 0 bridgehead atoms. The molecule has 1 aromatic rings. The number of hydrogen-bond acceptors (Lipinski definition) is 4. The van der Waals surface area contributed by atoms with Gasteiger partial charge < -0.3 is 0 Å². The molecule has 3 rings (SSSR count). The molecular formula is C16H26N4. The second-order valence-electron chi connectivity index (χ2n) is 6.30. The van der Waals surface area contributed by atoms with Gasteiger partial charge in [-0.3, -0.25) is 19.6 Å². The SMILES string of the molecule is CN1CCN(C)C1c1ccccc1C1N(C)CCN1C. The first-order valence-electron chi connectivity index (χ1n) is 7.49. The van der Waals surface area contributed by atoms with E-state index in [1.165, 1.54) is 11.1 Å². The molecule has 4 nitrogen and oxygen atoms in total. The van der Waals surface area contributed by atoms with Crippen molar-refractivity contribution >= 4 is 0 Å². The highest BCUT2D eigenvalue weighted by atomic mass is 15.4. The standard InChI is InChI=1S/C16H26N4/c1-17-9-10-18(2)15(17)13-7-5-6-8-14(13)16-19(3)11-12-20(16)4/h5-8,15-16H,9-12H2,1-4H3. The van der Waals surface area contributed by atoms with Crippen molar-refractivity contribution < 1.29 is 0 Å². The summed E-state index contributed by atoms with van der Waals surface area (Å²) in [4.78, 5) is 9.81. The molecule has 0 aromatic heterocycles. The molecule has 0 atom stereocenters. The van der Waals surface area contributed by atoms with Gasteiger partial charge in [-0.25, -0.2) is 0 Å². The Labute approximate surface area is 122 Å². The zero-order chi connectivity index (χ0) is 14.3.